The predicted molar refractivity (Wildman–Crippen MR) is 87.3 cm³/mol. The Kier molecular flexibility index (Phi) is 5.63. The van der Waals surface area contributed by atoms with Gasteiger partial charge >= 0.3 is 0 Å². The summed E-state index contributed by atoms with van der Waals surface area (Å²) < 4.78 is 1.08. The van der Waals surface area contributed by atoms with Crippen molar-refractivity contribution in [3.8, 4) is 0 Å². The Morgan fingerprint density at radius 3 is 2.95 bits per heavy atom. The van der Waals surface area contributed by atoms with E-state index in [4.69, 9.17) is 0 Å². The molecule has 0 aromatic heterocycles. The van der Waals surface area contributed by atoms with Crippen LogP contribution in [-0.4, -0.2) is 29.9 Å². The molecule has 3 nitrogen and oxygen atoms in total. The van der Waals surface area contributed by atoms with Gasteiger partial charge in [0.1, 0.15) is 0 Å². The number of benzene rings is 1. The topological polar surface area (TPSA) is 32.3 Å². The van der Waals surface area contributed by atoms with Gasteiger partial charge in [0.05, 0.1) is 12.2 Å². The van der Waals surface area contributed by atoms with E-state index in [1.54, 1.807) is 0 Å². The summed E-state index contributed by atoms with van der Waals surface area (Å²) in [6, 6.07) is 8.47. The largest absolute Gasteiger partial charge is 0.324 e. The SMILES string of the molecule is CCC1CCCCN1CC(=O)Nc1ccccc1I. The third kappa shape index (κ3) is 4.18. The normalized spacial score (nSPS) is 20.2. The van der Waals surface area contributed by atoms with Gasteiger partial charge in [-0.05, 0) is 60.5 Å². The molecule has 1 N–H and O–H groups in total. The highest BCUT2D eigenvalue weighted by Crippen LogP contribution is 2.20. The van der Waals surface area contributed by atoms with E-state index in [1.165, 1.54) is 19.3 Å². The summed E-state index contributed by atoms with van der Waals surface area (Å²) in [5.41, 5.74) is 0.915. The monoisotopic (exact) mass is 372 g/mol. The van der Waals surface area contributed by atoms with Crippen LogP contribution in [-0.2, 0) is 4.79 Å². The van der Waals surface area contributed by atoms with Gasteiger partial charge < -0.3 is 5.32 Å². The molecule has 2 rings (SSSR count). The van der Waals surface area contributed by atoms with Crippen molar-refractivity contribution in [2.45, 2.75) is 38.6 Å². The fourth-order valence-corrected chi connectivity index (χ4v) is 3.19. The summed E-state index contributed by atoms with van der Waals surface area (Å²) in [5, 5.41) is 3.01. The highest BCUT2D eigenvalue weighted by atomic mass is 127. The number of anilines is 1. The second-order valence-corrected chi connectivity index (χ2v) is 6.22. The molecular weight excluding hydrogens is 351 g/mol. The van der Waals surface area contributed by atoms with Crippen LogP contribution in [0.25, 0.3) is 0 Å². The zero-order valence-electron chi connectivity index (χ0n) is 11.4. The molecule has 1 aromatic carbocycles. The number of halogens is 1. The van der Waals surface area contributed by atoms with Gasteiger partial charge in [0, 0.05) is 9.61 Å². The van der Waals surface area contributed by atoms with E-state index in [0.29, 0.717) is 12.6 Å². The number of hydrogen-bond acceptors (Lipinski definition) is 2. The van der Waals surface area contributed by atoms with Gasteiger partial charge in [-0.15, -0.1) is 0 Å². The standard InChI is InChI=1S/C15H21IN2O/c1-2-12-7-5-6-10-18(12)11-15(19)17-14-9-4-3-8-13(14)16/h3-4,8-9,12H,2,5-7,10-11H2,1H3,(H,17,19). The lowest BCUT2D eigenvalue weighted by Gasteiger charge is -2.34. The van der Waals surface area contributed by atoms with E-state index < -0.39 is 0 Å². The first kappa shape index (κ1) is 14.8. The Bertz CT molecular complexity index is 436. The quantitative estimate of drug-likeness (QED) is 0.821. The summed E-state index contributed by atoms with van der Waals surface area (Å²) in [6.45, 7) is 3.78. The molecule has 1 fully saturated rings. The number of piperidine rings is 1. The van der Waals surface area contributed by atoms with Crippen LogP contribution in [0, 0.1) is 3.57 Å². The van der Waals surface area contributed by atoms with E-state index in [1.807, 2.05) is 24.3 Å². The molecule has 1 atom stereocenters. The molecule has 0 aliphatic carbocycles. The van der Waals surface area contributed by atoms with Crippen molar-refractivity contribution in [2.24, 2.45) is 0 Å². The number of rotatable bonds is 4. The number of carbonyl (C=O) groups excluding carboxylic acids is 1. The Balaban J connectivity index is 1.92. The Labute approximate surface area is 128 Å². The molecule has 0 bridgehead atoms. The van der Waals surface area contributed by atoms with Gasteiger partial charge in [-0.1, -0.05) is 25.5 Å². The van der Waals surface area contributed by atoms with Crippen molar-refractivity contribution in [3.63, 3.8) is 0 Å². The van der Waals surface area contributed by atoms with E-state index in [-0.39, 0.29) is 5.91 Å². The zero-order chi connectivity index (χ0) is 13.7. The number of hydrogen-bond donors (Lipinski definition) is 1. The first-order valence-corrected chi connectivity index (χ1v) is 8.07. The Morgan fingerprint density at radius 2 is 2.21 bits per heavy atom. The molecule has 0 saturated carbocycles. The smallest absolute Gasteiger partial charge is 0.238 e. The van der Waals surface area contributed by atoms with Gasteiger partial charge in [0.2, 0.25) is 5.91 Å². The number of nitrogens with one attached hydrogen (secondary N) is 1. The van der Waals surface area contributed by atoms with Crippen LogP contribution in [0.15, 0.2) is 24.3 Å². The zero-order valence-corrected chi connectivity index (χ0v) is 13.5. The lowest BCUT2D eigenvalue weighted by Crippen LogP contribution is -2.43. The molecule has 0 radical (unpaired) electrons. The van der Waals surface area contributed by atoms with Crippen LogP contribution in [0.5, 0.6) is 0 Å². The summed E-state index contributed by atoms with van der Waals surface area (Å²) >= 11 is 2.25. The van der Waals surface area contributed by atoms with Crippen LogP contribution in [0.4, 0.5) is 5.69 Å². The van der Waals surface area contributed by atoms with Crippen molar-refractivity contribution in [1.82, 2.24) is 4.90 Å². The number of carbonyl (C=O) groups is 1. The highest BCUT2D eigenvalue weighted by molar-refractivity contribution is 14.1. The average Bonchev–Trinajstić information content (AvgIpc) is 2.42. The third-order valence-corrected chi connectivity index (χ3v) is 4.66. The molecule has 1 saturated heterocycles. The summed E-state index contributed by atoms with van der Waals surface area (Å²) in [4.78, 5) is 14.5. The molecule has 1 aliphatic heterocycles. The molecule has 0 spiro atoms. The Hall–Kier alpha value is -0.620. The van der Waals surface area contributed by atoms with E-state index >= 15 is 0 Å². The second kappa shape index (κ2) is 7.24. The number of nitrogens with zero attached hydrogens (tertiary/aromatic N) is 1. The van der Waals surface area contributed by atoms with Crippen LogP contribution < -0.4 is 5.32 Å². The highest BCUT2D eigenvalue weighted by Gasteiger charge is 2.22. The van der Waals surface area contributed by atoms with E-state index in [9.17, 15) is 4.79 Å². The fraction of sp³-hybridized carbons (Fsp3) is 0.533. The molecule has 1 heterocycles. The molecule has 1 aromatic rings. The maximum Gasteiger partial charge on any atom is 0.238 e. The van der Waals surface area contributed by atoms with Gasteiger partial charge in [-0.2, -0.15) is 0 Å². The molecular formula is C15H21IN2O. The van der Waals surface area contributed by atoms with Crippen molar-refractivity contribution < 1.29 is 4.79 Å². The molecule has 1 amide bonds. The van der Waals surface area contributed by atoms with Gasteiger partial charge in [-0.3, -0.25) is 9.69 Å². The van der Waals surface area contributed by atoms with Crippen LogP contribution in [0.1, 0.15) is 32.6 Å². The third-order valence-electron chi connectivity index (χ3n) is 3.71. The molecule has 1 unspecified atom stereocenters. The summed E-state index contributed by atoms with van der Waals surface area (Å²) in [5.74, 6) is 0.101. The number of para-hydroxylation sites is 1. The summed E-state index contributed by atoms with van der Waals surface area (Å²) in [6.07, 6.45) is 4.88. The van der Waals surface area contributed by atoms with Gasteiger partial charge in [0.15, 0.2) is 0 Å². The predicted octanol–water partition coefficient (Wildman–Crippen LogP) is 3.49. The maximum atomic E-state index is 12.1. The molecule has 4 heteroatoms. The van der Waals surface area contributed by atoms with Crippen molar-refractivity contribution in [3.05, 3.63) is 27.8 Å². The maximum absolute atomic E-state index is 12.1. The average molecular weight is 372 g/mol. The van der Waals surface area contributed by atoms with E-state index in [2.05, 4.69) is 39.7 Å². The minimum atomic E-state index is 0.101. The van der Waals surface area contributed by atoms with Gasteiger partial charge in [-0.25, -0.2) is 0 Å². The van der Waals surface area contributed by atoms with Crippen LogP contribution in [0.3, 0.4) is 0 Å². The minimum Gasteiger partial charge on any atom is -0.324 e. The van der Waals surface area contributed by atoms with Gasteiger partial charge in [0.25, 0.3) is 0 Å². The van der Waals surface area contributed by atoms with Crippen LogP contribution >= 0.6 is 22.6 Å². The molecule has 104 valence electrons. The molecule has 19 heavy (non-hydrogen) atoms. The van der Waals surface area contributed by atoms with Crippen LogP contribution in [0.2, 0.25) is 0 Å². The van der Waals surface area contributed by atoms with E-state index in [0.717, 1.165) is 22.2 Å². The van der Waals surface area contributed by atoms with Crippen molar-refractivity contribution >= 4 is 34.2 Å². The lowest BCUT2D eigenvalue weighted by atomic mass is 10.0. The minimum absolute atomic E-state index is 0.101. The number of likely N-dealkylation sites (tertiary alicyclic amines) is 1. The fourth-order valence-electron chi connectivity index (χ4n) is 2.67. The lowest BCUT2D eigenvalue weighted by molar-refractivity contribution is -0.118. The van der Waals surface area contributed by atoms with Crippen molar-refractivity contribution in [1.29, 1.82) is 0 Å². The first-order chi connectivity index (χ1) is 9.20. The molecule has 1 aliphatic rings. The van der Waals surface area contributed by atoms with Crippen molar-refractivity contribution in [2.75, 3.05) is 18.4 Å². The number of amides is 1. The summed E-state index contributed by atoms with van der Waals surface area (Å²) in [7, 11) is 0. The second-order valence-electron chi connectivity index (χ2n) is 5.06. The first-order valence-electron chi connectivity index (χ1n) is 6.99. The Morgan fingerprint density at radius 1 is 1.42 bits per heavy atom.